The second-order valence-corrected chi connectivity index (χ2v) is 9.78. The molecule has 4 rings (SSSR count). The maximum atomic E-state index is 13.5. The number of aryl methyl sites for hydroxylation is 1. The van der Waals surface area contributed by atoms with Crippen LogP contribution in [0.4, 0.5) is 11.6 Å². The van der Waals surface area contributed by atoms with Gasteiger partial charge >= 0.3 is 0 Å². The lowest BCUT2D eigenvalue weighted by atomic mass is 10.2. The standard InChI is InChI=1S/C23H26N6O5S/c1-16-22(26-17(2)30)20(34-27-16)8-6-18-5-7-19(33-3)21(15-18)35(31,32)29-13-11-28(12-14-29)23-24-9-4-10-25-23/h4-10,15H,11-14H2,1-3H3,(H,26,30)/b8-6-. The van der Waals surface area contributed by atoms with Crippen LogP contribution < -0.4 is 15.0 Å². The van der Waals surface area contributed by atoms with Crippen molar-refractivity contribution in [3.8, 4) is 5.75 Å². The van der Waals surface area contributed by atoms with Crippen molar-refractivity contribution in [1.29, 1.82) is 0 Å². The Morgan fingerprint density at radius 3 is 2.51 bits per heavy atom. The van der Waals surface area contributed by atoms with E-state index in [0.717, 1.165) is 0 Å². The van der Waals surface area contributed by atoms with Gasteiger partial charge in [-0.3, -0.25) is 4.79 Å². The third-order valence-corrected chi connectivity index (χ3v) is 7.42. The number of sulfonamides is 1. The maximum absolute atomic E-state index is 13.5. The molecule has 1 N–H and O–H groups in total. The minimum atomic E-state index is -3.82. The van der Waals surface area contributed by atoms with Crippen molar-refractivity contribution in [1.82, 2.24) is 19.4 Å². The van der Waals surface area contributed by atoms with Gasteiger partial charge in [-0.1, -0.05) is 17.3 Å². The number of hydrogen-bond donors (Lipinski definition) is 1. The fourth-order valence-electron chi connectivity index (χ4n) is 3.72. The fourth-order valence-corrected chi connectivity index (χ4v) is 5.33. The number of aromatic nitrogens is 3. The predicted molar refractivity (Wildman–Crippen MR) is 130 cm³/mol. The van der Waals surface area contributed by atoms with Crippen molar-refractivity contribution in [3.05, 3.63) is 53.7 Å². The smallest absolute Gasteiger partial charge is 0.246 e. The zero-order chi connectivity index (χ0) is 25.0. The first kappa shape index (κ1) is 24.4. The summed E-state index contributed by atoms with van der Waals surface area (Å²) in [6.45, 7) is 4.65. The molecule has 35 heavy (non-hydrogen) atoms. The summed E-state index contributed by atoms with van der Waals surface area (Å²) in [5, 5.41) is 6.57. The molecule has 11 nitrogen and oxygen atoms in total. The number of amides is 1. The Morgan fingerprint density at radius 1 is 1.14 bits per heavy atom. The molecule has 1 amide bonds. The molecular weight excluding hydrogens is 472 g/mol. The molecule has 2 aromatic heterocycles. The van der Waals surface area contributed by atoms with Crippen LogP contribution in [0.3, 0.4) is 0 Å². The van der Waals surface area contributed by atoms with Crippen molar-refractivity contribution in [2.45, 2.75) is 18.7 Å². The Bertz CT molecular complexity index is 1330. The van der Waals surface area contributed by atoms with Gasteiger partial charge in [0.25, 0.3) is 0 Å². The van der Waals surface area contributed by atoms with E-state index in [9.17, 15) is 13.2 Å². The van der Waals surface area contributed by atoms with Crippen LogP contribution in [0.15, 0.2) is 46.1 Å². The third-order valence-electron chi connectivity index (χ3n) is 5.50. The number of anilines is 2. The van der Waals surface area contributed by atoms with Crippen molar-refractivity contribution < 1.29 is 22.5 Å². The number of carbonyl (C=O) groups is 1. The van der Waals surface area contributed by atoms with Gasteiger partial charge in [0.2, 0.25) is 21.9 Å². The van der Waals surface area contributed by atoms with Crippen LogP contribution in [-0.2, 0) is 14.8 Å². The van der Waals surface area contributed by atoms with Crippen LogP contribution in [0.25, 0.3) is 12.2 Å². The fraction of sp³-hybridized carbons (Fsp3) is 0.304. The first-order valence-corrected chi connectivity index (χ1v) is 12.4. The number of ether oxygens (including phenoxy) is 1. The zero-order valence-electron chi connectivity index (χ0n) is 19.6. The van der Waals surface area contributed by atoms with Gasteiger partial charge in [-0.05, 0) is 36.8 Å². The van der Waals surface area contributed by atoms with Gasteiger partial charge in [-0.2, -0.15) is 4.31 Å². The van der Waals surface area contributed by atoms with Crippen LogP contribution in [0.1, 0.15) is 23.9 Å². The molecule has 0 aliphatic carbocycles. The van der Waals surface area contributed by atoms with Gasteiger partial charge in [-0.25, -0.2) is 18.4 Å². The van der Waals surface area contributed by atoms with E-state index in [4.69, 9.17) is 9.26 Å². The SMILES string of the molecule is COc1ccc(/C=C\c2onc(C)c2NC(C)=O)cc1S(=O)(=O)N1CCN(c2ncccn2)CC1. The molecule has 0 atom stereocenters. The van der Waals surface area contributed by atoms with Gasteiger partial charge in [0.15, 0.2) is 5.76 Å². The van der Waals surface area contributed by atoms with E-state index in [2.05, 4.69) is 20.4 Å². The quantitative estimate of drug-likeness (QED) is 0.522. The second kappa shape index (κ2) is 10.2. The summed E-state index contributed by atoms with van der Waals surface area (Å²) < 4.78 is 39.1. The lowest BCUT2D eigenvalue weighted by Gasteiger charge is -2.34. The zero-order valence-corrected chi connectivity index (χ0v) is 20.4. The van der Waals surface area contributed by atoms with Crippen LogP contribution in [0, 0.1) is 6.92 Å². The summed E-state index contributed by atoms with van der Waals surface area (Å²) in [6.07, 6.45) is 6.64. The second-order valence-electron chi connectivity index (χ2n) is 7.87. The Balaban J connectivity index is 1.56. The molecule has 1 aliphatic heterocycles. The van der Waals surface area contributed by atoms with Crippen LogP contribution in [0.5, 0.6) is 5.75 Å². The molecule has 184 valence electrons. The topological polar surface area (TPSA) is 131 Å². The highest BCUT2D eigenvalue weighted by atomic mass is 32.2. The Hall–Kier alpha value is -3.77. The Kier molecular flexibility index (Phi) is 7.12. The van der Waals surface area contributed by atoms with Crippen LogP contribution in [-0.4, -0.2) is 67.0 Å². The number of nitrogens with zero attached hydrogens (tertiary/aromatic N) is 5. The Morgan fingerprint density at radius 2 is 1.86 bits per heavy atom. The van der Waals surface area contributed by atoms with Crippen molar-refractivity contribution in [2.75, 3.05) is 43.5 Å². The van der Waals surface area contributed by atoms with E-state index in [0.29, 0.717) is 54.8 Å². The largest absolute Gasteiger partial charge is 0.495 e. The van der Waals surface area contributed by atoms with Gasteiger partial charge < -0.3 is 19.5 Å². The average Bonchev–Trinajstić information content (AvgIpc) is 3.21. The molecule has 0 unspecified atom stereocenters. The number of piperazine rings is 1. The molecule has 12 heteroatoms. The number of carbonyl (C=O) groups excluding carboxylic acids is 1. The van der Waals surface area contributed by atoms with E-state index in [1.54, 1.807) is 55.7 Å². The van der Waals surface area contributed by atoms with Crippen molar-refractivity contribution in [2.24, 2.45) is 0 Å². The van der Waals surface area contributed by atoms with E-state index in [1.807, 2.05) is 4.90 Å². The van der Waals surface area contributed by atoms with Gasteiger partial charge in [0, 0.05) is 45.5 Å². The highest BCUT2D eigenvalue weighted by Gasteiger charge is 2.31. The summed E-state index contributed by atoms with van der Waals surface area (Å²) in [5.41, 5.74) is 1.62. The molecule has 3 aromatic rings. The molecule has 0 bridgehead atoms. The molecule has 0 radical (unpaired) electrons. The summed E-state index contributed by atoms with van der Waals surface area (Å²) in [5.74, 6) is 0.945. The highest BCUT2D eigenvalue weighted by Crippen LogP contribution is 2.30. The lowest BCUT2D eigenvalue weighted by molar-refractivity contribution is -0.114. The normalized spacial score (nSPS) is 14.9. The molecule has 0 saturated carbocycles. The number of rotatable bonds is 7. The van der Waals surface area contributed by atoms with Gasteiger partial charge in [-0.15, -0.1) is 0 Å². The van der Waals surface area contributed by atoms with Crippen molar-refractivity contribution >= 4 is 39.7 Å². The number of nitrogens with one attached hydrogen (secondary N) is 1. The maximum Gasteiger partial charge on any atom is 0.246 e. The third kappa shape index (κ3) is 5.33. The molecule has 0 spiro atoms. The first-order chi connectivity index (χ1) is 16.8. The predicted octanol–water partition coefficient (Wildman–Crippen LogP) is 2.42. The molecule has 3 heterocycles. The monoisotopic (exact) mass is 498 g/mol. The Labute approximate surface area is 203 Å². The molecular formula is C23H26N6O5S. The van der Waals surface area contributed by atoms with Crippen molar-refractivity contribution in [3.63, 3.8) is 0 Å². The molecule has 1 fully saturated rings. The van der Waals surface area contributed by atoms with Gasteiger partial charge in [0.05, 0.1) is 7.11 Å². The first-order valence-electron chi connectivity index (χ1n) is 10.9. The molecule has 1 aromatic carbocycles. The lowest BCUT2D eigenvalue weighted by Crippen LogP contribution is -2.49. The number of benzene rings is 1. The molecule has 1 aliphatic rings. The summed E-state index contributed by atoms with van der Waals surface area (Å²) in [4.78, 5) is 22.0. The van der Waals surface area contributed by atoms with Gasteiger partial charge in [0.1, 0.15) is 22.0 Å². The number of hydrogen-bond acceptors (Lipinski definition) is 9. The van der Waals surface area contributed by atoms with E-state index < -0.39 is 10.0 Å². The van der Waals surface area contributed by atoms with E-state index >= 15 is 0 Å². The van der Waals surface area contributed by atoms with E-state index in [-0.39, 0.29) is 16.6 Å². The summed E-state index contributed by atoms with van der Waals surface area (Å²) in [7, 11) is -2.39. The average molecular weight is 499 g/mol. The van der Waals surface area contributed by atoms with Crippen LogP contribution in [0.2, 0.25) is 0 Å². The van der Waals surface area contributed by atoms with Crippen LogP contribution >= 0.6 is 0 Å². The minimum absolute atomic E-state index is 0.0717. The molecule has 1 saturated heterocycles. The number of methoxy groups -OCH3 is 1. The minimum Gasteiger partial charge on any atom is -0.495 e. The highest BCUT2D eigenvalue weighted by molar-refractivity contribution is 7.89. The summed E-state index contributed by atoms with van der Waals surface area (Å²) in [6, 6.07) is 6.64. The van der Waals surface area contributed by atoms with E-state index in [1.165, 1.54) is 18.3 Å². The summed E-state index contributed by atoms with van der Waals surface area (Å²) >= 11 is 0.